The predicted molar refractivity (Wildman–Crippen MR) is 181 cm³/mol. The first-order valence-electron chi connectivity index (χ1n) is 14.9. The van der Waals surface area contributed by atoms with Crippen molar-refractivity contribution in [1.29, 1.82) is 0 Å². The van der Waals surface area contributed by atoms with Gasteiger partial charge < -0.3 is 50.8 Å². The minimum Gasteiger partial charge on any atom is -0.508 e. The molecule has 8 N–H and O–H groups in total. The fourth-order valence-electron chi connectivity index (χ4n) is 4.35. The van der Waals surface area contributed by atoms with Crippen LogP contribution < -0.4 is 25.3 Å². The van der Waals surface area contributed by atoms with Crippen LogP contribution in [0.4, 0.5) is 0 Å². The van der Waals surface area contributed by atoms with Crippen molar-refractivity contribution in [1.82, 2.24) is 5.32 Å². The Morgan fingerprint density at radius 1 is 0.625 bits per heavy atom. The molecule has 0 radical (unpaired) electrons. The SMILES string of the molecule is COc1cc(CC(=O)NCCc2ccc(O)c(C)c2)ccc1O.COc1cc(CC(=O)O)ccc1O.COc1cc(CCN)ccc1O. The summed E-state index contributed by atoms with van der Waals surface area (Å²) in [6.07, 6.45) is 1.66. The van der Waals surface area contributed by atoms with Crippen molar-refractivity contribution in [2.75, 3.05) is 34.4 Å². The Labute approximate surface area is 280 Å². The highest BCUT2D eigenvalue weighted by atomic mass is 16.5. The van der Waals surface area contributed by atoms with E-state index in [1.807, 2.05) is 25.1 Å². The lowest BCUT2D eigenvalue weighted by atomic mass is 10.1. The van der Waals surface area contributed by atoms with E-state index < -0.39 is 5.97 Å². The summed E-state index contributed by atoms with van der Waals surface area (Å²) in [6, 6.07) is 20.0. The smallest absolute Gasteiger partial charge is 0.307 e. The minimum atomic E-state index is -0.909. The van der Waals surface area contributed by atoms with E-state index in [9.17, 15) is 30.0 Å². The first kappa shape index (κ1) is 38.6. The molecule has 0 heterocycles. The molecule has 1 amide bonds. The van der Waals surface area contributed by atoms with E-state index in [0.29, 0.717) is 42.3 Å². The summed E-state index contributed by atoms with van der Waals surface area (Å²) in [6.45, 7) is 2.97. The summed E-state index contributed by atoms with van der Waals surface area (Å²) < 4.78 is 14.8. The number of amides is 1. The number of carboxylic acid groups (broad SMARTS) is 1. The Kier molecular flexibility index (Phi) is 15.9. The summed E-state index contributed by atoms with van der Waals surface area (Å²) in [7, 11) is 4.42. The highest BCUT2D eigenvalue weighted by molar-refractivity contribution is 5.78. The van der Waals surface area contributed by atoms with Crippen molar-refractivity contribution >= 4 is 11.9 Å². The minimum absolute atomic E-state index is 0.0108. The average molecular weight is 665 g/mol. The molecule has 48 heavy (non-hydrogen) atoms. The third-order valence-corrected chi connectivity index (χ3v) is 6.88. The summed E-state index contributed by atoms with van der Waals surface area (Å²) in [5.41, 5.74) is 9.72. The van der Waals surface area contributed by atoms with Crippen LogP contribution in [0.5, 0.6) is 40.2 Å². The van der Waals surface area contributed by atoms with Gasteiger partial charge in [0.05, 0.1) is 34.2 Å². The van der Waals surface area contributed by atoms with Crippen LogP contribution in [0.25, 0.3) is 0 Å². The molecule has 0 saturated heterocycles. The second kappa shape index (κ2) is 19.8. The number of phenols is 4. The van der Waals surface area contributed by atoms with Crippen molar-refractivity contribution in [2.45, 2.75) is 32.6 Å². The highest BCUT2D eigenvalue weighted by Crippen LogP contribution is 2.28. The lowest BCUT2D eigenvalue weighted by Gasteiger charge is -2.08. The van der Waals surface area contributed by atoms with Gasteiger partial charge in [0, 0.05) is 6.54 Å². The third-order valence-electron chi connectivity index (χ3n) is 6.88. The van der Waals surface area contributed by atoms with Crippen LogP contribution >= 0.6 is 0 Å². The van der Waals surface area contributed by atoms with E-state index in [-0.39, 0.29) is 41.7 Å². The number of carboxylic acids is 1. The summed E-state index contributed by atoms with van der Waals surface area (Å²) in [5, 5.41) is 48.8. The molecule has 4 rings (SSSR count). The number of hydrogen-bond acceptors (Lipinski definition) is 10. The van der Waals surface area contributed by atoms with Gasteiger partial charge in [0.2, 0.25) is 5.91 Å². The van der Waals surface area contributed by atoms with Crippen LogP contribution in [0.3, 0.4) is 0 Å². The average Bonchev–Trinajstić information content (AvgIpc) is 3.06. The van der Waals surface area contributed by atoms with Gasteiger partial charge in [-0.3, -0.25) is 9.59 Å². The van der Waals surface area contributed by atoms with E-state index in [1.165, 1.54) is 39.5 Å². The Morgan fingerprint density at radius 2 is 1.04 bits per heavy atom. The van der Waals surface area contributed by atoms with Gasteiger partial charge in [-0.15, -0.1) is 0 Å². The molecule has 12 heteroatoms. The molecule has 0 bridgehead atoms. The Hall–Kier alpha value is -5.62. The molecule has 12 nitrogen and oxygen atoms in total. The van der Waals surface area contributed by atoms with Crippen molar-refractivity contribution in [3.05, 3.63) is 101 Å². The normalized spacial score (nSPS) is 10.0. The molecule has 0 aliphatic rings. The summed E-state index contributed by atoms with van der Waals surface area (Å²) in [4.78, 5) is 22.3. The molecule has 0 saturated carbocycles. The van der Waals surface area contributed by atoms with Crippen molar-refractivity contribution in [3.63, 3.8) is 0 Å². The number of phenolic OH excluding ortho intramolecular Hbond substituents is 4. The molecule has 0 spiro atoms. The molecule has 4 aromatic carbocycles. The first-order valence-corrected chi connectivity index (χ1v) is 14.9. The Balaban J connectivity index is 0.000000272. The number of methoxy groups -OCH3 is 3. The van der Waals surface area contributed by atoms with E-state index in [2.05, 4.69) is 5.32 Å². The molecule has 4 aromatic rings. The van der Waals surface area contributed by atoms with Crippen LogP contribution in [-0.2, 0) is 35.3 Å². The van der Waals surface area contributed by atoms with Gasteiger partial charge in [-0.05, 0) is 96.6 Å². The second-order valence-electron chi connectivity index (χ2n) is 10.5. The van der Waals surface area contributed by atoms with Gasteiger partial charge in [-0.1, -0.05) is 30.3 Å². The Bertz CT molecular complexity index is 1640. The van der Waals surface area contributed by atoms with Crippen molar-refractivity contribution in [2.24, 2.45) is 5.73 Å². The number of hydrogen-bond donors (Lipinski definition) is 7. The Morgan fingerprint density at radius 3 is 1.48 bits per heavy atom. The second-order valence-corrected chi connectivity index (χ2v) is 10.5. The van der Waals surface area contributed by atoms with Gasteiger partial charge in [0.1, 0.15) is 5.75 Å². The number of benzene rings is 4. The quantitative estimate of drug-likeness (QED) is 0.114. The van der Waals surface area contributed by atoms with Gasteiger partial charge in [0.25, 0.3) is 0 Å². The first-order chi connectivity index (χ1) is 22.9. The zero-order chi connectivity index (χ0) is 35.6. The molecule has 0 fully saturated rings. The number of rotatable bonds is 12. The molecule has 0 atom stereocenters. The van der Waals surface area contributed by atoms with E-state index in [1.54, 1.807) is 36.4 Å². The maximum atomic E-state index is 12.0. The van der Waals surface area contributed by atoms with Crippen LogP contribution in [0.2, 0.25) is 0 Å². The summed E-state index contributed by atoms with van der Waals surface area (Å²) in [5.74, 6) is 0.656. The molecular weight excluding hydrogens is 620 g/mol. The fourth-order valence-corrected chi connectivity index (χ4v) is 4.35. The van der Waals surface area contributed by atoms with Crippen LogP contribution in [0.15, 0.2) is 72.8 Å². The number of aryl methyl sites for hydroxylation is 1. The number of aliphatic carboxylic acids is 1. The topological polar surface area (TPSA) is 201 Å². The number of carbonyl (C=O) groups excluding carboxylic acids is 1. The zero-order valence-corrected chi connectivity index (χ0v) is 27.5. The monoisotopic (exact) mass is 664 g/mol. The predicted octanol–water partition coefficient (Wildman–Crippen LogP) is 4.25. The zero-order valence-electron chi connectivity index (χ0n) is 27.5. The standard InChI is InChI=1S/C18H21NO4.C9H13NO2.C9H10O4/c1-12-9-13(3-5-15(12)20)7-8-19-18(22)11-14-4-6-16(21)17(10-14)23-2;1-12-9-6-7(4-5-10)2-3-8(9)11;1-13-8-4-6(5-9(11)12)2-3-7(8)10/h3-6,9-10,20-21H,7-8,11H2,1-2H3,(H,19,22);2-3,6,11H,4-5,10H2,1H3;2-4,10H,5H2,1H3,(H,11,12). The lowest BCUT2D eigenvalue weighted by Crippen LogP contribution is -2.27. The van der Waals surface area contributed by atoms with Gasteiger partial charge >= 0.3 is 5.97 Å². The van der Waals surface area contributed by atoms with E-state index >= 15 is 0 Å². The maximum Gasteiger partial charge on any atom is 0.307 e. The number of aromatic hydroxyl groups is 4. The number of nitrogens with one attached hydrogen (secondary N) is 1. The van der Waals surface area contributed by atoms with Crippen molar-refractivity contribution < 1.29 is 49.3 Å². The number of carbonyl (C=O) groups is 2. The molecule has 0 aromatic heterocycles. The molecular formula is C36H44N2O10. The van der Waals surface area contributed by atoms with E-state index in [4.69, 9.17) is 25.1 Å². The van der Waals surface area contributed by atoms with Crippen molar-refractivity contribution in [3.8, 4) is 40.2 Å². The highest BCUT2D eigenvalue weighted by Gasteiger charge is 2.08. The molecule has 0 aliphatic carbocycles. The molecule has 258 valence electrons. The number of ether oxygens (including phenoxy) is 3. The third kappa shape index (κ3) is 13.0. The van der Waals surface area contributed by atoms with E-state index in [0.717, 1.165) is 28.7 Å². The number of nitrogens with two attached hydrogens (primary N) is 1. The van der Waals surface area contributed by atoms with Gasteiger partial charge in [-0.25, -0.2) is 0 Å². The molecule has 0 aliphatic heterocycles. The maximum absolute atomic E-state index is 12.0. The largest absolute Gasteiger partial charge is 0.508 e. The fraction of sp³-hybridized carbons (Fsp3) is 0.278. The van der Waals surface area contributed by atoms with Gasteiger partial charge in [-0.2, -0.15) is 0 Å². The molecule has 0 unspecified atom stereocenters. The van der Waals surface area contributed by atoms with Crippen LogP contribution in [-0.4, -0.2) is 71.8 Å². The summed E-state index contributed by atoms with van der Waals surface area (Å²) >= 11 is 0. The van der Waals surface area contributed by atoms with Gasteiger partial charge in [0.15, 0.2) is 34.5 Å². The lowest BCUT2D eigenvalue weighted by molar-refractivity contribution is -0.136. The van der Waals surface area contributed by atoms with Crippen LogP contribution in [0, 0.1) is 6.92 Å². The van der Waals surface area contributed by atoms with Crippen LogP contribution in [0.1, 0.15) is 27.8 Å².